The van der Waals surface area contributed by atoms with Crippen molar-refractivity contribution in [1.29, 1.82) is 0 Å². The van der Waals surface area contributed by atoms with Gasteiger partial charge in [0.15, 0.2) is 5.69 Å². The van der Waals surface area contributed by atoms with Crippen LogP contribution in [0.4, 0.5) is 13.2 Å². The Morgan fingerprint density at radius 2 is 1.31 bits per heavy atom. The topological polar surface area (TPSA) is 90.9 Å². The summed E-state index contributed by atoms with van der Waals surface area (Å²) >= 11 is 0. The second-order valence-corrected chi connectivity index (χ2v) is 10.5. The summed E-state index contributed by atoms with van der Waals surface area (Å²) in [5.74, 6) is 0. The lowest BCUT2D eigenvalue weighted by Gasteiger charge is -2.11. The Balaban J connectivity index is 1.47. The number of pyridine rings is 1. The van der Waals surface area contributed by atoms with E-state index in [9.17, 15) is 21.6 Å². The summed E-state index contributed by atoms with van der Waals surface area (Å²) in [4.78, 5) is 4.72. The van der Waals surface area contributed by atoms with E-state index in [1.807, 2.05) is 60.7 Å². The van der Waals surface area contributed by atoms with Crippen molar-refractivity contribution in [3.63, 3.8) is 0 Å². The Bertz CT molecular complexity index is 1970. The summed E-state index contributed by atoms with van der Waals surface area (Å²) in [5.41, 5.74) is 2.26. The molecule has 0 amide bonds. The molecule has 0 saturated carbocycles. The fourth-order valence-corrected chi connectivity index (χ4v) is 5.14. The van der Waals surface area contributed by atoms with Crippen LogP contribution in [-0.4, -0.2) is 23.2 Å². The fraction of sp³-hybridized carbons (Fsp3) is 0.0345. The van der Waals surface area contributed by atoms with E-state index in [0.717, 1.165) is 43.7 Å². The SMILES string of the molecule is NS(=O)(=O)c1ccc(-n2nc(C(F)(F)F)cc2-c2ccc(-c3nc4ccccc4c4ccccc34)cc2)cc1. The molecular weight excluding hydrogens is 525 g/mol. The molecule has 0 aliphatic carbocycles. The third-order valence-corrected chi connectivity index (χ3v) is 7.40. The molecule has 0 unspecified atom stereocenters. The lowest BCUT2D eigenvalue weighted by Crippen LogP contribution is -2.12. The average molecular weight is 545 g/mol. The van der Waals surface area contributed by atoms with Crippen LogP contribution in [-0.2, 0) is 16.2 Å². The molecular formula is C29H19F3N4O2S. The highest BCUT2D eigenvalue weighted by Crippen LogP contribution is 2.36. The molecule has 2 aromatic heterocycles. The summed E-state index contributed by atoms with van der Waals surface area (Å²) in [7, 11) is -3.96. The molecule has 194 valence electrons. The first-order valence-electron chi connectivity index (χ1n) is 11.8. The van der Waals surface area contributed by atoms with Gasteiger partial charge in [-0.05, 0) is 41.8 Å². The van der Waals surface area contributed by atoms with Gasteiger partial charge >= 0.3 is 6.18 Å². The Kier molecular flexibility index (Phi) is 5.74. The number of sulfonamides is 1. The number of para-hydroxylation sites is 1. The van der Waals surface area contributed by atoms with Crippen LogP contribution in [0.3, 0.4) is 0 Å². The summed E-state index contributed by atoms with van der Waals surface area (Å²) in [6, 6.07) is 29.0. The summed E-state index contributed by atoms with van der Waals surface area (Å²) < 4.78 is 65.2. The van der Waals surface area contributed by atoms with Crippen molar-refractivity contribution in [1.82, 2.24) is 14.8 Å². The molecule has 0 aliphatic rings. The van der Waals surface area contributed by atoms with Gasteiger partial charge in [0, 0.05) is 21.9 Å². The van der Waals surface area contributed by atoms with Crippen LogP contribution in [0, 0.1) is 0 Å². The fourth-order valence-electron chi connectivity index (χ4n) is 4.62. The number of halogens is 3. The van der Waals surface area contributed by atoms with Gasteiger partial charge in [-0.1, -0.05) is 66.7 Å². The number of nitrogens with zero attached hydrogens (tertiary/aromatic N) is 3. The van der Waals surface area contributed by atoms with E-state index >= 15 is 0 Å². The van der Waals surface area contributed by atoms with E-state index in [1.165, 1.54) is 24.3 Å². The largest absolute Gasteiger partial charge is 0.435 e. The van der Waals surface area contributed by atoms with Gasteiger partial charge in [-0.15, -0.1) is 0 Å². The molecule has 4 aromatic carbocycles. The van der Waals surface area contributed by atoms with Crippen LogP contribution in [0.25, 0.3) is 49.9 Å². The van der Waals surface area contributed by atoms with Gasteiger partial charge in [-0.2, -0.15) is 18.3 Å². The van der Waals surface area contributed by atoms with Crippen LogP contribution in [0.5, 0.6) is 0 Å². The second-order valence-electron chi connectivity index (χ2n) is 8.96. The first kappa shape index (κ1) is 24.8. The quantitative estimate of drug-likeness (QED) is 0.254. The maximum absolute atomic E-state index is 13.6. The smallest absolute Gasteiger partial charge is 0.247 e. The van der Waals surface area contributed by atoms with Crippen molar-refractivity contribution in [2.24, 2.45) is 5.14 Å². The normalized spacial score (nSPS) is 12.3. The Labute approximate surface area is 221 Å². The lowest BCUT2D eigenvalue weighted by atomic mass is 9.99. The van der Waals surface area contributed by atoms with Crippen LogP contribution in [0.1, 0.15) is 5.69 Å². The number of fused-ring (bicyclic) bond motifs is 3. The molecule has 0 radical (unpaired) electrons. The van der Waals surface area contributed by atoms with Crippen molar-refractivity contribution < 1.29 is 21.6 Å². The van der Waals surface area contributed by atoms with Gasteiger partial charge in [0.05, 0.1) is 27.5 Å². The molecule has 0 bridgehead atoms. The van der Waals surface area contributed by atoms with Crippen LogP contribution in [0.2, 0.25) is 0 Å². The molecule has 0 fully saturated rings. The van der Waals surface area contributed by atoms with E-state index in [4.69, 9.17) is 10.1 Å². The van der Waals surface area contributed by atoms with Crippen LogP contribution >= 0.6 is 0 Å². The van der Waals surface area contributed by atoms with Gasteiger partial charge in [-0.3, -0.25) is 0 Å². The van der Waals surface area contributed by atoms with E-state index < -0.39 is 21.9 Å². The Morgan fingerprint density at radius 3 is 1.95 bits per heavy atom. The van der Waals surface area contributed by atoms with Crippen molar-refractivity contribution in [3.8, 4) is 28.2 Å². The molecule has 39 heavy (non-hydrogen) atoms. The number of hydrogen-bond acceptors (Lipinski definition) is 4. The zero-order valence-electron chi connectivity index (χ0n) is 20.1. The third kappa shape index (κ3) is 4.53. The molecule has 2 heterocycles. The molecule has 0 spiro atoms. The highest BCUT2D eigenvalue weighted by Gasteiger charge is 2.35. The van der Waals surface area contributed by atoms with E-state index in [1.54, 1.807) is 12.1 Å². The van der Waals surface area contributed by atoms with Crippen LogP contribution < -0.4 is 5.14 Å². The number of primary sulfonamides is 1. The highest BCUT2D eigenvalue weighted by molar-refractivity contribution is 7.89. The van der Waals surface area contributed by atoms with E-state index in [2.05, 4.69) is 5.10 Å². The number of hydrogen-bond donors (Lipinski definition) is 1. The molecule has 6 aromatic rings. The average Bonchev–Trinajstić information content (AvgIpc) is 3.39. The zero-order chi connectivity index (χ0) is 27.4. The standard InChI is InChI=1S/C29H19F3N4O2S/c30-29(31,32)27-17-26(36(35-27)20-13-15-21(16-14-20)39(33,37)38)18-9-11-19(12-10-18)28-24-7-2-1-5-22(24)23-6-3-4-8-25(23)34-28/h1-17H,(H2,33,37,38). The highest BCUT2D eigenvalue weighted by atomic mass is 32.2. The van der Waals surface area contributed by atoms with Crippen molar-refractivity contribution in [2.75, 3.05) is 0 Å². The summed E-state index contributed by atoms with van der Waals surface area (Å²) in [5, 5.41) is 12.0. The summed E-state index contributed by atoms with van der Waals surface area (Å²) in [6.45, 7) is 0. The molecule has 0 aliphatic heterocycles. The minimum absolute atomic E-state index is 0.157. The third-order valence-electron chi connectivity index (χ3n) is 6.47. The van der Waals surface area contributed by atoms with Gasteiger partial charge in [-0.25, -0.2) is 23.2 Å². The zero-order valence-corrected chi connectivity index (χ0v) is 20.9. The second kappa shape index (κ2) is 9.04. The monoisotopic (exact) mass is 544 g/mol. The predicted molar refractivity (Wildman–Crippen MR) is 144 cm³/mol. The number of nitrogens with two attached hydrogens (primary N) is 1. The summed E-state index contributed by atoms with van der Waals surface area (Å²) in [6.07, 6.45) is -4.67. The molecule has 2 N–H and O–H groups in total. The Morgan fingerprint density at radius 1 is 0.718 bits per heavy atom. The molecule has 10 heteroatoms. The molecule has 6 rings (SSSR count). The minimum Gasteiger partial charge on any atom is -0.247 e. The number of aromatic nitrogens is 3. The number of rotatable bonds is 4. The molecule has 6 nitrogen and oxygen atoms in total. The minimum atomic E-state index is -4.67. The predicted octanol–water partition coefficient (Wildman–Crippen LogP) is 6.57. The first-order valence-corrected chi connectivity index (χ1v) is 13.3. The van der Waals surface area contributed by atoms with Gasteiger partial charge in [0.1, 0.15) is 0 Å². The maximum atomic E-state index is 13.6. The Hall–Kier alpha value is -4.54. The van der Waals surface area contributed by atoms with E-state index in [-0.39, 0.29) is 16.3 Å². The number of benzene rings is 4. The molecule has 0 saturated heterocycles. The van der Waals surface area contributed by atoms with Crippen LogP contribution in [0.15, 0.2) is 108 Å². The first-order chi connectivity index (χ1) is 18.6. The van der Waals surface area contributed by atoms with E-state index in [0.29, 0.717) is 5.56 Å². The van der Waals surface area contributed by atoms with Gasteiger partial charge < -0.3 is 0 Å². The molecule has 0 atom stereocenters. The van der Waals surface area contributed by atoms with Gasteiger partial charge in [0.2, 0.25) is 10.0 Å². The maximum Gasteiger partial charge on any atom is 0.435 e. The van der Waals surface area contributed by atoms with Crippen molar-refractivity contribution in [2.45, 2.75) is 11.1 Å². The lowest BCUT2D eigenvalue weighted by molar-refractivity contribution is -0.141. The van der Waals surface area contributed by atoms with Crippen molar-refractivity contribution >= 4 is 31.7 Å². The van der Waals surface area contributed by atoms with Crippen molar-refractivity contribution in [3.05, 3.63) is 109 Å². The number of alkyl halides is 3. The van der Waals surface area contributed by atoms with Gasteiger partial charge in [0.25, 0.3) is 0 Å².